The van der Waals surface area contributed by atoms with E-state index < -0.39 is 12.0 Å². The average Bonchev–Trinajstić information content (AvgIpc) is 3.13. The third-order valence-electron chi connectivity index (χ3n) is 4.04. The zero-order chi connectivity index (χ0) is 20.3. The summed E-state index contributed by atoms with van der Waals surface area (Å²) in [5, 5.41) is 4.48. The molecule has 0 aliphatic rings. The number of rotatable bonds is 6. The number of nitrogens with zero attached hydrogens (tertiary/aromatic N) is 1. The number of carbonyl (C=O) groups is 2. The van der Waals surface area contributed by atoms with Crippen LogP contribution in [0.1, 0.15) is 30.0 Å². The van der Waals surface area contributed by atoms with Crippen LogP contribution >= 0.6 is 27.3 Å². The van der Waals surface area contributed by atoms with Crippen LogP contribution in [-0.2, 0) is 16.1 Å². The first-order chi connectivity index (χ1) is 13.4. The zero-order valence-electron chi connectivity index (χ0n) is 15.2. The fourth-order valence-electron chi connectivity index (χ4n) is 2.58. The SMILES string of the molecule is CC(C)[C@@H](NC(=O)c1ccccc1Br)C(=O)OCc1nc2ccsc2c(=O)[nH]1. The van der Waals surface area contributed by atoms with Crippen LogP contribution < -0.4 is 10.9 Å². The van der Waals surface area contributed by atoms with Crippen LogP contribution in [0.25, 0.3) is 10.2 Å². The molecule has 0 saturated heterocycles. The molecule has 0 aliphatic carbocycles. The predicted molar refractivity (Wildman–Crippen MR) is 110 cm³/mol. The second kappa shape index (κ2) is 8.66. The molecule has 3 aromatic rings. The lowest BCUT2D eigenvalue weighted by atomic mass is 10.0. The number of aromatic amines is 1. The van der Waals surface area contributed by atoms with Crippen molar-refractivity contribution in [3.63, 3.8) is 0 Å². The van der Waals surface area contributed by atoms with Crippen molar-refractivity contribution >= 4 is 49.4 Å². The van der Waals surface area contributed by atoms with E-state index in [2.05, 4.69) is 31.2 Å². The second-order valence-electron chi connectivity index (χ2n) is 6.43. The van der Waals surface area contributed by atoms with Gasteiger partial charge in [0.05, 0.1) is 11.1 Å². The molecule has 1 atom stereocenters. The lowest BCUT2D eigenvalue weighted by Gasteiger charge is -2.21. The van der Waals surface area contributed by atoms with Gasteiger partial charge in [0, 0.05) is 4.47 Å². The van der Waals surface area contributed by atoms with Crippen molar-refractivity contribution in [3.05, 3.63) is 61.9 Å². The molecule has 1 amide bonds. The molecular formula is C19H18BrN3O4S. The van der Waals surface area contributed by atoms with Crippen molar-refractivity contribution in [3.8, 4) is 0 Å². The fraction of sp³-hybridized carbons (Fsp3) is 0.263. The van der Waals surface area contributed by atoms with E-state index in [0.29, 0.717) is 20.3 Å². The first-order valence-electron chi connectivity index (χ1n) is 8.55. The molecule has 2 N–H and O–H groups in total. The summed E-state index contributed by atoms with van der Waals surface area (Å²) >= 11 is 4.62. The molecule has 0 spiro atoms. The van der Waals surface area contributed by atoms with Gasteiger partial charge in [0.2, 0.25) is 0 Å². The number of benzene rings is 1. The minimum absolute atomic E-state index is 0.187. The summed E-state index contributed by atoms with van der Waals surface area (Å²) in [6, 6.07) is 7.84. The lowest BCUT2D eigenvalue weighted by Crippen LogP contribution is -2.45. The standard InChI is InChI=1S/C19H18BrN3O4S/c1-10(2)15(23-17(24)11-5-3-4-6-12(11)20)19(26)27-9-14-21-13-7-8-28-16(13)18(25)22-14/h3-8,10,15H,9H2,1-2H3,(H,23,24)(H,21,22,25)/t15-/m1/s1. The number of hydrogen-bond acceptors (Lipinski definition) is 6. The highest BCUT2D eigenvalue weighted by atomic mass is 79.9. The average molecular weight is 464 g/mol. The molecule has 9 heteroatoms. The number of nitrogens with one attached hydrogen (secondary N) is 2. The third-order valence-corrected chi connectivity index (χ3v) is 5.63. The van der Waals surface area contributed by atoms with Gasteiger partial charge in [-0.2, -0.15) is 0 Å². The molecule has 0 aliphatic heterocycles. The summed E-state index contributed by atoms with van der Waals surface area (Å²) in [5.74, 6) is -0.910. The van der Waals surface area contributed by atoms with Crippen molar-refractivity contribution in [2.75, 3.05) is 0 Å². The summed E-state index contributed by atoms with van der Waals surface area (Å²) in [6.07, 6.45) is 0. The van der Waals surface area contributed by atoms with Crippen molar-refractivity contribution < 1.29 is 14.3 Å². The summed E-state index contributed by atoms with van der Waals surface area (Å²) in [7, 11) is 0. The normalized spacial score (nSPS) is 12.1. The van der Waals surface area contributed by atoms with Crippen LogP contribution in [0.15, 0.2) is 45.0 Å². The van der Waals surface area contributed by atoms with Gasteiger partial charge in [0.1, 0.15) is 23.2 Å². The van der Waals surface area contributed by atoms with E-state index in [1.165, 1.54) is 11.3 Å². The monoisotopic (exact) mass is 463 g/mol. The van der Waals surface area contributed by atoms with Crippen molar-refractivity contribution in [2.24, 2.45) is 5.92 Å². The molecule has 0 bridgehead atoms. The highest BCUT2D eigenvalue weighted by Crippen LogP contribution is 2.17. The van der Waals surface area contributed by atoms with E-state index in [4.69, 9.17) is 4.74 Å². The summed E-state index contributed by atoms with van der Waals surface area (Å²) in [4.78, 5) is 43.9. The largest absolute Gasteiger partial charge is 0.456 e. The third kappa shape index (κ3) is 4.48. The number of fused-ring (bicyclic) bond motifs is 1. The van der Waals surface area contributed by atoms with Crippen LogP contribution in [0, 0.1) is 5.92 Å². The molecule has 146 valence electrons. The Balaban J connectivity index is 1.69. The molecule has 7 nitrogen and oxygen atoms in total. The Hall–Kier alpha value is -2.52. The first-order valence-corrected chi connectivity index (χ1v) is 10.2. The maximum absolute atomic E-state index is 12.5. The van der Waals surface area contributed by atoms with Gasteiger partial charge in [-0.15, -0.1) is 11.3 Å². The van der Waals surface area contributed by atoms with Crippen molar-refractivity contribution in [1.82, 2.24) is 15.3 Å². The van der Waals surface area contributed by atoms with Crippen LogP contribution in [-0.4, -0.2) is 27.9 Å². The fourth-order valence-corrected chi connectivity index (χ4v) is 3.77. The quantitative estimate of drug-likeness (QED) is 0.546. The van der Waals surface area contributed by atoms with Crippen LogP contribution in [0.5, 0.6) is 0 Å². The lowest BCUT2D eigenvalue weighted by molar-refractivity contribution is -0.148. The number of aromatic nitrogens is 2. The number of carbonyl (C=O) groups excluding carboxylic acids is 2. The maximum Gasteiger partial charge on any atom is 0.329 e. The molecule has 0 fully saturated rings. The number of ether oxygens (including phenoxy) is 1. The van der Waals surface area contributed by atoms with Gasteiger partial charge in [-0.25, -0.2) is 9.78 Å². The molecule has 1 aromatic carbocycles. The minimum atomic E-state index is -0.837. The highest BCUT2D eigenvalue weighted by Gasteiger charge is 2.27. The number of hydrogen-bond donors (Lipinski definition) is 2. The number of esters is 1. The van der Waals surface area contributed by atoms with Gasteiger partial charge in [0.15, 0.2) is 0 Å². The Labute approximate surface area is 173 Å². The molecule has 0 saturated carbocycles. The minimum Gasteiger partial charge on any atom is -0.456 e. The highest BCUT2D eigenvalue weighted by molar-refractivity contribution is 9.10. The topological polar surface area (TPSA) is 101 Å². The van der Waals surface area contributed by atoms with Gasteiger partial charge in [-0.3, -0.25) is 9.59 Å². The smallest absolute Gasteiger partial charge is 0.329 e. The van der Waals surface area contributed by atoms with E-state index in [-0.39, 0.29) is 29.8 Å². The van der Waals surface area contributed by atoms with E-state index in [0.717, 1.165) is 0 Å². The van der Waals surface area contributed by atoms with E-state index >= 15 is 0 Å². The van der Waals surface area contributed by atoms with Crippen LogP contribution in [0.3, 0.4) is 0 Å². The van der Waals surface area contributed by atoms with Crippen molar-refractivity contribution in [1.29, 1.82) is 0 Å². The molecule has 0 unspecified atom stereocenters. The molecule has 0 radical (unpaired) electrons. The van der Waals surface area contributed by atoms with Gasteiger partial charge in [0.25, 0.3) is 11.5 Å². The number of halogens is 1. The Morgan fingerprint density at radius 1 is 1.29 bits per heavy atom. The van der Waals surface area contributed by atoms with Gasteiger partial charge in [-0.05, 0) is 45.4 Å². The van der Waals surface area contributed by atoms with Crippen LogP contribution in [0.2, 0.25) is 0 Å². The number of thiophene rings is 1. The molecule has 28 heavy (non-hydrogen) atoms. The van der Waals surface area contributed by atoms with E-state index in [1.54, 1.807) is 35.7 Å². The van der Waals surface area contributed by atoms with Gasteiger partial charge < -0.3 is 15.0 Å². The number of amides is 1. The molecular weight excluding hydrogens is 446 g/mol. The zero-order valence-corrected chi connectivity index (χ0v) is 17.6. The first kappa shape index (κ1) is 20.2. The Kier molecular flexibility index (Phi) is 6.25. The predicted octanol–water partition coefficient (Wildman–Crippen LogP) is 3.24. The second-order valence-corrected chi connectivity index (χ2v) is 8.20. The molecule has 2 aromatic heterocycles. The molecule has 3 rings (SSSR count). The number of H-pyrrole nitrogens is 1. The van der Waals surface area contributed by atoms with Gasteiger partial charge in [-0.1, -0.05) is 26.0 Å². The Morgan fingerprint density at radius 3 is 2.75 bits per heavy atom. The summed E-state index contributed by atoms with van der Waals surface area (Å²) in [6.45, 7) is 3.43. The maximum atomic E-state index is 12.5. The molecule has 2 heterocycles. The summed E-state index contributed by atoms with van der Waals surface area (Å²) < 4.78 is 6.46. The Bertz CT molecular complexity index is 1080. The van der Waals surface area contributed by atoms with Crippen LogP contribution in [0.4, 0.5) is 0 Å². The summed E-state index contributed by atoms with van der Waals surface area (Å²) in [5.41, 5.74) is 0.714. The van der Waals surface area contributed by atoms with Crippen molar-refractivity contribution in [2.45, 2.75) is 26.5 Å². The Morgan fingerprint density at radius 2 is 2.04 bits per heavy atom. The van der Waals surface area contributed by atoms with E-state index in [1.807, 2.05) is 13.8 Å². The van der Waals surface area contributed by atoms with E-state index in [9.17, 15) is 14.4 Å². The van der Waals surface area contributed by atoms with Gasteiger partial charge >= 0.3 is 5.97 Å².